The quantitative estimate of drug-likeness (QED) is 0.566. The van der Waals surface area contributed by atoms with E-state index in [1.807, 2.05) is 7.11 Å². The predicted molar refractivity (Wildman–Crippen MR) is 73.0 cm³/mol. The maximum absolute atomic E-state index is 5.94. The standard InChI is InChI=1S/C15H27NO/c1-4-6-11-14(16-5-2)15(17-3)12-9-7-8-10-13-15/h1,14,16H,5-13H2,2-3H3. The molecule has 1 saturated carbocycles. The molecular formula is C15H27NO. The van der Waals surface area contributed by atoms with Gasteiger partial charge in [0.05, 0.1) is 5.60 Å². The maximum atomic E-state index is 5.94. The monoisotopic (exact) mass is 237 g/mol. The van der Waals surface area contributed by atoms with Crippen LogP contribution in [0.15, 0.2) is 0 Å². The van der Waals surface area contributed by atoms with Crippen LogP contribution in [0.5, 0.6) is 0 Å². The molecule has 2 nitrogen and oxygen atoms in total. The Labute approximate surface area is 107 Å². The lowest BCUT2D eigenvalue weighted by atomic mass is 9.83. The molecule has 0 bridgehead atoms. The second kappa shape index (κ2) is 7.74. The number of terminal acetylenes is 1. The molecule has 2 heteroatoms. The van der Waals surface area contributed by atoms with Crippen molar-refractivity contribution >= 4 is 0 Å². The van der Waals surface area contributed by atoms with Gasteiger partial charge in [0, 0.05) is 19.6 Å². The van der Waals surface area contributed by atoms with Gasteiger partial charge in [-0.15, -0.1) is 12.3 Å². The normalized spacial score (nSPS) is 21.5. The van der Waals surface area contributed by atoms with Crippen molar-refractivity contribution in [2.75, 3.05) is 13.7 Å². The van der Waals surface area contributed by atoms with Crippen molar-refractivity contribution in [3.63, 3.8) is 0 Å². The van der Waals surface area contributed by atoms with Crippen molar-refractivity contribution in [1.29, 1.82) is 0 Å². The largest absolute Gasteiger partial charge is 0.377 e. The predicted octanol–water partition coefficient (Wildman–Crippen LogP) is 3.12. The van der Waals surface area contributed by atoms with Crippen molar-refractivity contribution in [3.05, 3.63) is 0 Å². The Bertz CT molecular complexity index is 236. The fraction of sp³-hybridized carbons (Fsp3) is 0.867. The number of nitrogens with one attached hydrogen (secondary N) is 1. The van der Waals surface area contributed by atoms with E-state index in [4.69, 9.17) is 11.2 Å². The Morgan fingerprint density at radius 2 is 1.94 bits per heavy atom. The molecule has 17 heavy (non-hydrogen) atoms. The van der Waals surface area contributed by atoms with Gasteiger partial charge in [-0.25, -0.2) is 0 Å². The van der Waals surface area contributed by atoms with E-state index in [0.717, 1.165) is 19.4 Å². The van der Waals surface area contributed by atoms with Crippen molar-refractivity contribution in [2.45, 2.75) is 69.9 Å². The molecule has 0 radical (unpaired) electrons. The fourth-order valence-electron chi connectivity index (χ4n) is 3.05. The van der Waals surface area contributed by atoms with E-state index in [0.29, 0.717) is 6.04 Å². The van der Waals surface area contributed by atoms with Crippen LogP contribution in [0.1, 0.15) is 58.3 Å². The summed E-state index contributed by atoms with van der Waals surface area (Å²) >= 11 is 0. The molecule has 0 saturated heterocycles. The summed E-state index contributed by atoms with van der Waals surface area (Å²) in [4.78, 5) is 0. The summed E-state index contributed by atoms with van der Waals surface area (Å²) in [7, 11) is 1.87. The minimum absolute atomic E-state index is 0.0172. The topological polar surface area (TPSA) is 21.3 Å². The van der Waals surface area contributed by atoms with E-state index < -0.39 is 0 Å². The van der Waals surface area contributed by atoms with Gasteiger partial charge >= 0.3 is 0 Å². The lowest BCUT2D eigenvalue weighted by molar-refractivity contribution is -0.0540. The zero-order valence-corrected chi connectivity index (χ0v) is 11.4. The highest BCUT2D eigenvalue weighted by Crippen LogP contribution is 2.34. The Morgan fingerprint density at radius 3 is 2.41 bits per heavy atom. The highest BCUT2D eigenvalue weighted by molar-refractivity contribution is 4.97. The lowest BCUT2D eigenvalue weighted by Crippen LogP contribution is -2.51. The first kappa shape index (κ1) is 14.5. The summed E-state index contributed by atoms with van der Waals surface area (Å²) in [6, 6.07) is 0.409. The number of rotatable bonds is 6. The summed E-state index contributed by atoms with van der Waals surface area (Å²) in [6.45, 7) is 3.14. The highest BCUT2D eigenvalue weighted by Gasteiger charge is 2.38. The molecule has 0 heterocycles. The van der Waals surface area contributed by atoms with Crippen LogP contribution in [0.4, 0.5) is 0 Å². The van der Waals surface area contributed by atoms with Crippen LogP contribution < -0.4 is 5.32 Å². The number of ether oxygens (including phenoxy) is 1. The van der Waals surface area contributed by atoms with Gasteiger partial charge in [0.15, 0.2) is 0 Å². The van der Waals surface area contributed by atoms with Crippen LogP contribution in [0, 0.1) is 12.3 Å². The lowest BCUT2D eigenvalue weighted by Gasteiger charge is -2.39. The third-order valence-corrected chi connectivity index (χ3v) is 4.02. The van der Waals surface area contributed by atoms with Crippen molar-refractivity contribution in [2.24, 2.45) is 0 Å². The van der Waals surface area contributed by atoms with E-state index in [1.165, 1.54) is 38.5 Å². The first-order chi connectivity index (χ1) is 8.29. The average molecular weight is 237 g/mol. The number of hydrogen-bond donors (Lipinski definition) is 1. The maximum Gasteiger partial charge on any atom is 0.0831 e. The van der Waals surface area contributed by atoms with E-state index >= 15 is 0 Å². The van der Waals surface area contributed by atoms with Gasteiger partial charge in [0.1, 0.15) is 0 Å². The second-order valence-electron chi connectivity index (χ2n) is 5.04. The number of methoxy groups -OCH3 is 1. The van der Waals surface area contributed by atoms with Crippen LogP contribution in [-0.4, -0.2) is 25.3 Å². The number of likely N-dealkylation sites (N-methyl/N-ethyl adjacent to an activating group) is 1. The Hall–Kier alpha value is -0.520. The molecule has 98 valence electrons. The van der Waals surface area contributed by atoms with Crippen molar-refractivity contribution in [3.8, 4) is 12.3 Å². The van der Waals surface area contributed by atoms with Crippen LogP contribution in [-0.2, 0) is 4.74 Å². The van der Waals surface area contributed by atoms with Crippen LogP contribution >= 0.6 is 0 Å². The van der Waals surface area contributed by atoms with Gasteiger partial charge in [0.2, 0.25) is 0 Å². The Morgan fingerprint density at radius 1 is 1.29 bits per heavy atom. The average Bonchev–Trinajstić information content (AvgIpc) is 2.60. The Kier molecular flexibility index (Phi) is 6.62. The Balaban J connectivity index is 2.72. The molecule has 1 atom stereocenters. The zero-order chi connectivity index (χ0) is 12.6. The molecule has 1 aliphatic carbocycles. The van der Waals surface area contributed by atoms with E-state index in [2.05, 4.69) is 18.2 Å². The van der Waals surface area contributed by atoms with E-state index in [-0.39, 0.29) is 5.60 Å². The molecule has 1 rings (SSSR count). The molecule has 0 aliphatic heterocycles. The molecular weight excluding hydrogens is 210 g/mol. The molecule has 1 fully saturated rings. The van der Waals surface area contributed by atoms with E-state index in [9.17, 15) is 0 Å². The molecule has 0 aromatic carbocycles. The summed E-state index contributed by atoms with van der Waals surface area (Å²) in [5.74, 6) is 2.76. The number of hydrogen-bond acceptors (Lipinski definition) is 2. The summed E-state index contributed by atoms with van der Waals surface area (Å²) in [5, 5.41) is 3.59. The van der Waals surface area contributed by atoms with E-state index in [1.54, 1.807) is 0 Å². The molecule has 0 aromatic heterocycles. The van der Waals surface area contributed by atoms with Gasteiger partial charge in [-0.05, 0) is 25.8 Å². The van der Waals surface area contributed by atoms with Gasteiger partial charge in [0.25, 0.3) is 0 Å². The SMILES string of the molecule is C#CCCC(NCC)C1(OC)CCCCCC1. The van der Waals surface area contributed by atoms with Crippen LogP contribution in [0.25, 0.3) is 0 Å². The third kappa shape index (κ3) is 4.01. The van der Waals surface area contributed by atoms with Gasteiger partial charge in [-0.2, -0.15) is 0 Å². The van der Waals surface area contributed by atoms with Gasteiger partial charge in [-0.1, -0.05) is 32.6 Å². The first-order valence-electron chi connectivity index (χ1n) is 7.01. The smallest absolute Gasteiger partial charge is 0.0831 e. The first-order valence-corrected chi connectivity index (χ1v) is 7.01. The minimum atomic E-state index is 0.0172. The van der Waals surface area contributed by atoms with Gasteiger partial charge < -0.3 is 10.1 Å². The van der Waals surface area contributed by atoms with Gasteiger partial charge in [-0.3, -0.25) is 0 Å². The zero-order valence-electron chi connectivity index (χ0n) is 11.4. The second-order valence-corrected chi connectivity index (χ2v) is 5.04. The molecule has 0 spiro atoms. The molecule has 0 amide bonds. The molecule has 0 aromatic rings. The van der Waals surface area contributed by atoms with Crippen LogP contribution in [0.2, 0.25) is 0 Å². The molecule has 1 aliphatic rings. The summed E-state index contributed by atoms with van der Waals surface area (Å²) in [5.41, 5.74) is 0.0172. The third-order valence-electron chi connectivity index (χ3n) is 4.02. The van der Waals surface area contributed by atoms with Crippen LogP contribution in [0.3, 0.4) is 0 Å². The molecule has 1 N–H and O–H groups in total. The summed E-state index contributed by atoms with van der Waals surface area (Å²) in [6.07, 6.45) is 14.9. The molecule has 1 unspecified atom stereocenters. The van der Waals surface area contributed by atoms with Crippen molar-refractivity contribution in [1.82, 2.24) is 5.32 Å². The highest BCUT2D eigenvalue weighted by atomic mass is 16.5. The fourth-order valence-corrected chi connectivity index (χ4v) is 3.05. The van der Waals surface area contributed by atoms with Crippen molar-refractivity contribution < 1.29 is 4.74 Å². The summed E-state index contributed by atoms with van der Waals surface area (Å²) < 4.78 is 5.94. The minimum Gasteiger partial charge on any atom is -0.377 e.